The largest absolute Gasteiger partial charge is 0.303 e. The van der Waals surface area contributed by atoms with Crippen LogP contribution in [-0.2, 0) is 4.79 Å². The second-order valence-corrected chi connectivity index (χ2v) is 3.14. The minimum atomic E-state index is 0.631. The van der Waals surface area contributed by atoms with E-state index in [1.807, 2.05) is 13.0 Å². The van der Waals surface area contributed by atoms with Crippen molar-refractivity contribution in [1.29, 1.82) is 0 Å². The summed E-state index contributed by atoms with van der Waals surface area (Å²) in [6.45, 7) is 7.76. The Bertz CT molecular complexity index is 221. The Morgan fingerprint density at radius 2 is 2.00 bits per heavy atom. The highest BCUT2D eigenvalue weighted by Crippen LogP contribution is 2.05. The number of allylic oxidation sites excluding steroid dienone is 5. The third kappa shape index (κ3) is 7.26. The lowest BCUT2D eigenvalue weighted by atomic mass is 10.1. The van der Waals surface area contributed by atoms with Crippen molar-refractivity contribution in [2.24, 2.45) is 0 Å². The van der Waals surface area contributed by atoms with Gasteiger partial charge in [0.15, 0.2) is 0 Å². The van der Waals surface area contributed by atoms with E-state index in [9.17, 15) is 4.79 Å². The fourth-order valence-electron chi connectivity index (χ4n) is 0.918. The molecule has 0 heterocycles. The van der Waals surface area contributed by atoms with Crippen LogP contribution in [0.5, 0.6) is 0 Å². The summed E-state index contributed by atoms with van der Waals surface area (Å²) < 4.78 is 0. The molecule has 1 heteroatoms. The van der Waals surface area contributed by atoms with Crippen LogP contribution in [-0.4, -0.2) is 6.29 Å². The van der Waals surface area contributed by atoms with Crippen molar-refractivity contribution in [3.63, 3.8) is 0 Å². The smallest absolute Gasteiger partial charge is 0.120 e. The van der Waals surface area contributed by atoms with Crippen LogP contribution >= 0.6 is 0 Å². The van der Waals surface area contributed by atoms with Crippen molar-refractivity contribution in [1.82, 2.24) is 0 Å². The van der Waals surface area contributed by atoms with Gasteiger partial charge in [0.1, 0.15) is 6.29 Å². The van der Waals surface area contributed by atoms with E-state index in [1.54, 1.807) is 0 Å². The van der Waals surface area contributed by atoms with Crippen molar-refractivity contribution >= 4 is 6.29 Å². The van der Waals surface area contributed by atoms with Crippen molar-refractivity contribution in [3.8, 4) is 0 Å². The SMILES string of the molecule is C=CC(C)=CC/C=C(\C)CCC=O. The summed E-state index contributed by atoms with van der Waals surface area (Å²) in [6, 6.07) is 0. The molecule has 0 aromatic carbocycles. The van der Waals surface area contributed by atoms with Gasteiger partial charge >= 0.3 is 0 Å². The summed E-state index contributed by atoms with van der Waals surface area (Å²) in [6.07, 6.45) is 9.52. The molecule has 0 rings (SSSR count). The number of rotatable bonds is 6. The van der Waals surface area contributed by atoms with Crippen LogP contribution in [0.25, 0.3) is 0 Å². The van der Waals surface area contributed by atoms with E-state index in [0.29, 0.717) is 6.42 Å². The molecule has 0 aliphatic rings. The Balaban J connectivity index is 3.82. The predicted octanol–water partition coefficient (Wildman–Crippen LogP) is 3.43. The van der Waals surface area contributed by atoms with E-state index in [1.165, 1.54) is 11.1 Å². The molecule has 0 aromatic rings. The van der Waals surface area contributed by atoms with Crippen LogP contribution in [0.1, 0.15) is 33.1 Å². The standard InChI is InChI=1S/C12H18O/c1-4-11(2)7-5-8-12(3)9-6-10-13/h4,7-8,10H,1,5-6,9H2,2-3H3/b11-7?,12-8+. The molecule has 0 spiro atoms. The summed E-state index contributed by atoms with van der Waals surface area (Å²) >= 11 is 0. The molecule has 0 bridgehead atoms. The Morgan fingerprint density at radius 3 is 2.54 bits per heavy atom. The van der Waals surface area contributed by atoms with Crippen molar-refractivity contribution in [2.75, 3.05) is 0 Å². The first-order chi connectivity index (χ1) is 6.20. The number of carbonyl (C=O) groups excluding carboxylic acids is 1. The fraction of sp³-hybridized carbons (Fsp3) is 0.417. The monoisotopic (exact) mass is 178 g/mol. The van der Waals surface area contributed by atoms with Crippen LogP contribution in [0, 0.1) is 0 Å². The molecule has 0 aliphatic heterocycles. The molecule has 0 saturated heterocycles. The van der Waals surface area contributed by atoms with Gasteiger partial charge in [0.25, 0.3) is 0 Å². The number of aldehydes is 1. The molecule has 0 aliphatic carbocycles. The van der Waals surface area contributed by atoms with E-state index in [-0.39, 0.29) is 0 Å². The average molecular weight is 178 g/mol. The molecule has 0 unspecified atom stereocenters. The zero-order chi connectivity index (χ0) is 10.1. The van der Waals surface area contributed by atoms with Crippen LogP contribution in [0.15, 0.2) is 36.0 Å². The van der Waals surface area contributed by atoms with E-state index >= 15 is 0 Å². The van der Waals surface area contributed by atoms with Gasteiger partial charge in [0.05, 0.1) is 0 Å². The number of hydrogen-bond donors (Lipinski definition) is 0. The predicted molar refractivity (Wildman–Crippen MR) is 57.6 cm³/mol. The molecule has 0 amide bonds. The molecule has 0 atom stereocenters. The molecule has 1 nitrogen and oxygen atoms in total. The summed E-state index contributed by atoms with van der Waals surface area (Å²) in [5, 5.41) is 0. The second kappa shape index (κ2) is 7.53. The molecule has 0 fully saturated rings. The first-order valence-electron chi connectivity index (χ1n) is 4.59. The Labute approximate surface area is 80.8 Å². The van der Waals surface area contributed by atoms with Crippen LogP contribution in [0.4, 0.5) is 0 Å². The van der Waals surface area contributed by atoms with Gasteiger partial charge in [-0.1, -0.05) is 36.0 Å². The van der Waals surface area contributed by atoms with Crippen molar-refractivity contribution < 1.29 is 4.79 Å². The maximum Gasteiger partial charge on any atom is 0.120 e. The van der Waals surface area contributed by atoms with Crippen LogP contribution < -0.4 is 0 Å². The van der Waals surface area contributed by atoms with Gasteiger partial charge < -0.3 is 4.79 Å². The van der Waals surface area contributed by atoms with Gasteiger partial charge in [0, 0.05) is 6.42 Å². The minimum Gasteiger partial charge on any atom is -0.303 e. The Hall–Kier alpha value is -1.11. The molecule has 13 heavy (non-hydrogen) atoms. The lowest BCUT2D eigenvalue weighted by molar-refractivity contribution is -0.107. The van der Waals surface area contributed by atoms with Crippen molar-refractivity contribution in [2.45, 2.75) is 33.1 Å². The first-order valence-corrected chi connectivity index (χ1v) is 4.59. The summed E-state index contributed by atoms with van der Waals surface area (Å²) in [4.78, 5) is 10.1. The van der Waals surface area contributed by atoms with E-state index < -0.39 is 0 Å². The van der Waals surface area contributed by atoms with E-state index in [2.05, 4.69) is 25.7 Å². The summed E-state index contributed by atoms with van der Waals surface area (Å²) in [5.41, 5.74) is 2.47. The highest BCUT2D eigenvalue weighted by molar-refractivity contribution is 5.49. The third-order valence-electron chi connectivity index (χ3n) is 1.88. The molecule has 72 valence electrons. The van der Waals surface area contributed by atoms with Crippen LogP contribution in [0.2, 0.25) is 0 Å². The molecule has 0 N–H and O–H groups in total. The fourth-order valence-corrected chi connectivity index (χ4v) is 0.918. The summed E-state index contributed by atoms with van der Waals surface area (Å²) in [5.74, 6) is 0. The van der Waals surface area contributed by atoms with E-state index in [4.69, 9.17) is 0 Å². The normalized spacial score (nSPS) is 12.8. The first kappa shape index (κ1) is 11.9. The zero-order valence-electron chi connectivity index (χ0n) is 8.55. The average Bonchev–Trinajstić information content (AvgIpc) is 2.14. The highest BCUT2D eigenvalue weighted by Gasteiger charge is 1.87. The lowest BCUT2D eigenvalue weighted by Crippen LogP contribution is -1.79. The van der Waals surface area contributed by atoms with Gasteiger partial charge in [-0.2, -0.15) is 0 Å². The molecule has 0 aromatic heterocycles. The summed E-state index contributed by atoms with van der Waals surface area (Å²) in [7, 11) is 0. The second-order valence-electron chi connectivity index (χ2n) is 3.14. The van der Waals surface area contributed by atoms with Crippen molar-refractivity contribution in [3.05, 3.63) is 36.0 Å². The number of hydrogen-bond acceptors (Lipinski definition) is 1. The maximum absolute atomic E-state index is 10.1. The topological polar surface area (TPSA) is 17.1 Å². The lowest BCUT2D eigenvalue weighted by Gasteiger charge is -1.95. The van der Waals surface area contributed by atoms with Gasteiger partial charge in [-0.05, 0) is 26.7 Å². The number of carbonyl (C=O) groups is 1. The highest BCUT2D eigenvalue weighted by atomic mass is 16.1. The van der Waals surface area contributed by atoms with Gasteiger partial charge in [-0.3, -0.25) is 0 Å². The zero-order valence-corrected chi connectivity index (χ0v) is 8.55. The van der Waals surface area contributed by atoms with Gasteiger partial charge in [-0.25, -0.2) is 0 Å². The molecular formula is C12H18O. The van der Waals surface area contributed by atoms with E-state index in [0.717, 1.165) is 19.1 Å². The van der Waals surface area contributed by atoms with Gasteiger partial charge in [0.2, 0.25) is 0 Å². The quantitative estimate of drug-likeness (QED) is 0.346. The maximum atomic E-state index is 10.1. The minimum absolute atomic E-state index is 0.631. The molecular weight excluding hydrogens is 160 g/mol. The Morgan fingerprint density at radius 1 is 1.31 bits per heavy atom. The third-order valence-corrected chi connectivity index (χ3v) is 1.88. The van der Waals surface area contributed by atoms with Gasteiger partial charge in [-0.15, -0.1) is 0 Å². The molecule has 0 saturated carbocycles. The van der Waals surface area contributed by atoms with Crippen LogP contribution in [0.3, 0.4) is 0 Å². The molecule has 0 radical (unpaired) electrons. The Kier molecular flexibility index (Phi) is 6.89.